The van der Waals surface area contributed by atoms with Gasteiger partial charge in [-0.1, -0.05) is 30.3 Å². The summed E-state index contributed by atoms with van der Waals surface area (Å²) in [6.45, 7) is 2.97. The van der Waals surface area contributed by atoms with Gasteiger partial charge in [0.1, 0.15) is 5.75 Å². The lowest BCUT2D eigenvalue weighted by molar-refractivity contribution is -0.129. The average Bonchev–Trinajstić information content (AvgIpc) is 3.48. The van der Waals surface area contributed by atoms with E-state index in [0.29, 0.717) is 13.0 Å². The fourth-order valence-corrected chi connectivity index (χ4v) is 5.42. The number of nitrogens with one attached hydrogen (secondary N) is 2. The van der Waals surface area contributed by atoms with Crippen LogP contribution in [0.3, 0.4) is 0 Å². The molecule has 3 aliphatic heterocycles. The van der Waals surface area contributed by atoms with Crippen LogP contribution in [0.5, 0.6) is 5.75 Å². The van der Waals surface area contributed by atoms with Gasteiger partial charge in [0.2, 0.25) is 11.8 Å². The number of amides is 2. The van der Waals surface area contributed by atoms with E-state index in [2.05, 4.69) is 33.7 Å². The molecular weight excluding hydrogens is 416 g/mol. The van der Waals surface area contributed by atoms with E-state index in [0.717, 1.165) is 50.3 Å². The lowest BCUT2D eigenvalue weighted by atomic mass is 10.0. The first-order valence-corrected chi connectivity index (χ1v) is 11.9. The number of rotatable bonds is 7. The summed E-state index contributed by atoms with van der Waals surface area (Å²) in [6, 6.07) is 16.6. The topological polar surface area (TPSA) is 73.9 Å². The first kappa shape index (κ1) is 21.9. The fourth-order valence-electron chi connectivity index (χ4n) is 5.42. The van der Waals surface area contributed by atoms with Gasteiger partial charge in [-0.15, -0.1) is 0 Å². The van der Waals surface area contributed by atoms with Crippen LogP contribution < -0.4 is 20.3 Å². The van der Waals surface area contributed by atoms with Crippen molar-refractivity contribution < 1.29 is 14.3 Å². The molecule has 0 aromatic heterocycles. The number of hydrogen-bond donors (Lipinski definition) is 2. The van der Waals surface area contributed by atoms with Gasteiger partial charge < -0.3 is 20.3 Å². The maximum atomic E-state index is 13.0. The van der Waals surface area contributed by atoms with Crippen LogP contribution in [0.2, 0.25) is 0 Å². The molecule has 7 nitrogen and oxygen atoms in total. The molecule has 0 bridgehead atoms. The summed E-state index contributed by atoms with van der Waals surface area (Å²) < 4.78 is 5.23. The van der Waals surface area contributed by atoms with Crippen molar-refractivity contribution in [3.8, 4) is 5.75 Å². The highest BCUT2D eigenvalue weighted by Crippen LogP contribution is 2.30. The number of benzene rings is 2. The molecule has 2 aromatic rings. The Morgan fingerprint density at radius 2 is 2.00 bits per heavy atom. The quantitative estimate of drug-likeness (QED) is 0.679. The number of nitrogens with zero attached hydrogens (tertiary/aromatic N) is 2. The number of piperazine rings is 1. The number of para-hydroxylation sites is 1. The molecule has 3 aliphatic rings. The number of carbonyl (C=O) groups is 2. The monoisotopic (exact) mass is 448 g/mol. The van der Waals surface area contributed by atoms with E-state index in [-0.39, 0.29) is 29.9 Å². The Kier molecular flexibility index (Phi) is 6.33. The van der Waals surface area contributed by atoms with E-state index < -0.39 is 0 Å². The van der Waals surface area contributed by atoms with Crippen LogP contribution in [0.15, 0.2) is 48.5 Å². The summed E-state index contributed by atoms with van der Waals surface area (Å²) in [6.07, 6.45) is 2.99. The lowest BCUT2D eigenvalue weighted by Crippen LogP contribution is -2.58. The van der Waals surface area contributed by atoms with Crippen LogP contribution in [-0.2, 0) is 22.6 Å². The molecule has 3 unspecified atom stereocenters. The van der Waals surface area contributed by atoms with Gasteiger partial charge in [-0.2, -0.15) is 0 Å². The van der Waals surface area contributed by atoms with Gasteiger partial charge in [-0.3, -0.25) is 14.5 Å². The Hall–Kier alpha value is -2.90. The van der Waals surface area contributed by atoms with Crippen LogP contribution in [0.1, 0.15) is 30.4 Å². The van der Waals surface area contributed by atoms with Crippen molar-refractivity contribution >= 4 is 17.5 Å². The molecule has 2 saturated heterocycles. The maximum absolute atomic E-state index is 13.0. The van der Waals surface area contributed by atoms with E-state index in [1.165, 1.54) is 11.1 Å². The van der Waals surface area contributed by atoms with Crippen LogP contribution >= 0.6 is 0 Å². The van der Waals surface area contributed by atoms with Crippen LogP contribution in [-0.4, -0.2) is 61.6 Å². The molecule has 5 rings (SSSR count). The van der Waals surface area contributed by atoms with Crippen molar-refractivity contribution in [2.75, 3.05) is 31.6 Å². The number of methoxy groups -OCH3 is 1. The zero-order chi connectivity index (χ0) is 22.8. The summed E-state index contributed by atoms with van der Waals surface area (Å²) >= 11 is 0. The Labute approximate surface area is 195 Å². The Morgan fingerprint density at radius 1 is 1.18 bits per heavy atom. The number of fused-ring (bicyclic) bond motifs is 2. The fraction of sp³-hybridized carbons (Fsp3) is 0.462. The van der Waals surface area contributed by atoms with E-state index in [1.54, 1.807) is 7.11 Å². The van der Waals surface area contributed by atoms with Gasteiger partial charge in [0, 0.05) is 50.4 Å². The largest absolute Gasteiger partial charge is 0.497 e. The van der Waals surface area contributed by atoms with Gasteiger partial charge in [0.25, 0.3) is 0 Å². The number of ether oxygens (including phenoxy) is 1. The van der Waals surface area contributed by atoms with Gasteiger partial charge in [-0.25, -0.2) is 0 Å². The van der Waals surface area contributed by atoms with Crippen LogP contribution in [0.4, 0.5) is 5.69 Å². The lowest BCUT2D eigenvalue weighted by Gasteiger charge is -2.37. The zero-order valence-electron chi connectivity index (χ0n) is 19.1. The first-order valence-electron chi connectivity index (χ1n) is 11.9. The van der Waals surface area contributed by atoms with E-state index in [4.69, 9.17) is 4.74 Å². The molecule has 0 radical (unpaired) electrons. The zero-order valence-corrected chi connectivity index (χ0v) is 19.1. The molecular formula is C26H32N4O3. The molecule has 0 spiro atoms. The van der Waals surface area contributed by atoms with E-state index >= 15 is 0 Å². The normalized spacial score (nSPS) is 24.3. The highest BCUT2D eigenvalue weighted by molar-refractivity contribution is 5.95. The predicted molar refractivity (Wildman–Crippen MR) is 127 cm³/mol. The molecule has 3 atom stereocenters. The molecule has 2 N–H and O–H groups in total. The van der Waals surface area contributed by atoms with Crippen LogP contribution in [0, 0.1) is 0 Å². The molecule has 7 heteroatoms. The SMILES string of the molecule is COc1ccc(CNC2CC3C(=O)NCC(CCC(=O)N4CCc5ccccc54)N3C2)cc1. The maximum Gasteiger partial charge on any atom is 0.237 e. The predicted octanol–water partition coefficient (Wildman–Crippen LogP) is 2.10. The minimum Gasteiger partial charge on any atom is -0.497 e. The van der Waals surface area contributed by atoms with Crippen molar-refractivity contribution in [2.45, 2.75) is 50.4 Å². The molecule has 33 heavy (non-hydrogen) atoms. The summed E-state index contributed by atoms with van der Waals surface area (Å²) in [4.78, 5) is 29.7. The molecule has 0 saturated carbocycles. The number of hydrogen-bond acceptors (Lipinski definition) is 5. The Bertz CT molecular complexity index is 1010. The third kappa shape index (κ3) is 4.61. The molecule has 0 aliphatic carbocycles. The summed E-state index contributed by atoms with van der Waals surface area (Å²) in [5.74, 6) is 1.14. The smallest absolute Gasteiger partial charge is 0.237 e. The Morgan fingerprint density at radius 3 is 2.82 bits per heavy atom. The third-order valence-electron chi connectivity index (χ3n) is 7.26. The number of carbonyl (C=O) groups excluding carboxylic acids is 2. The van der Waals surface area contributed by atoms with E-state index in [1.807, 2.05) is 35.2 Å². The van der Waals surface area contributed by atoms with Gasteiger partial charge in [-0.05, 0) is 48.6 Å². The van der Waals surface area contributed by atoms with Crippen molar-refractivity contribution in [3.05, 3.63) is 59.7 Å². The minimum atomic E-state index is -0.111. The summed E-state index contributed by atoms with van der Waals surface area (Å²) in [7, 11) is 1.67. The second-order valence-electron chi connectivity index (χ2n) is 9.24. The van der Waals surface area contributed by atoms with Crippen molar-refractivity contribution in [2.24, 2.45) is 0 Å². The summed E-state index contributed by atoms with van der Waals surface area (Å²) in [5, 5.41) is 6.69. The van der Waals surface area contributed by atoms with Crippen molar-refractivity contribution in [1.29, 1.82) is 0 Å². The first-order chi connectivity index (χ1) is 16.1. The second kappa shape index (κ2) is 9.53. The molecule has 2 aromatic carbocycles. The molecule has 2 amide bonds. The average molecular weight is 449 g/mol. The Balaban J connectivity index is 1.16. The van der Waals surface area contributed by atoms with Gasteiger partial charge in [0.15, 0.2) is 0 Å². The van der Waals surface area contributed by atoms with Crippen molar-refractivity contribution in [1.82, 2.24) is 15.5 Å². The molecule has 2 fully saturated rings. The van der Waals surface area contributed by atoms with Crippen molar-refractivity contribution in [3.63, 3.8) is 0 Å². The highest BCUT2D eigenvalue weighted by atomic mass is 16.5. The minimum absolute atomic E-state index is 0.111. The third-order valence-corrected chi connectivity index (χ3v) is 7.26. The highest BCUT2D eigenvalue weighted by Gasteiger charge is 2.43. The summed E-state index contributed by atoms with van der Waals surface area (Å²) in [5.41, 5.74) is 3.50. The number of anilines is 1. The van der Waals surface area contributed by atoms with Gasteiger partial charge in [0.05, 0.1) is 13.2 Å². The molecule has 174 valence electrons. The van der Waals surface area contributed by atoms with E-state index in [9.17, 15) is 9.59 Å². The van der Waals surface area contributed by atoms with Crippen LogP contribution in [0.25, 0.3) is 0 Å². The second-order valence-corrected chi connectivity index (χ2v) is 9.24. The molecule has 3 heterocycles. The standard InChI is InChI=1S/C26H32N4O3/c1-33-22-9-6-18(7-10-22)15-27-20-14-24-26(32)28-16-21(30(24)17-20)8-11-25(31)29-13-12-19-4-2-3-5-23(19)29/h2-7,9-10,20-21,24,27H,8,11-17H2,1H3,(H,28,32). The van der Waals surface area contributed by atoms with Gasteiger partial charge >= 0.3 is 0 Å².